The highest BCUT2D eigenvalue weighted by Gasteiger charge is 2.29. The SMILES string of the molecule is Cc1ccc(N/N=C\c2ccc(C(F)(F)F)cc2)cc1Cl. The van der Waals surface area contributed by atoms with E-state index in [0.717, 1.165) is 17.7 Å². The predicted octanol–water partition coefficient (Wildman–Crippen LogP) is 5.11. The number of aryl methyl sites for hydroxylation is 1. The maximum atomic E-state index is 12.4. The molecule has 0 bridgehead atoms. The van der Waals surface area contributed by atoms with Crippen LogP contribution in [0, 0.1) is 6.92 Å². The Morgan fingerprint density at radius 2 is 1.76 bits per heavy atom. The fraction of sp³-hybridized carbons (Fsp3) is 0.133. The molecule has 0 spiro atoms. The molecule has 0 aliphatic rings. The van der Waals surface area contributed by atoms with E-state index in [-0.39, 0.29) is 0 Å². The molecule has 2 rings (SSSR count). The average molecular weight is 313 g/mol. The molecule has 1 N–H and O–H groups in total. The molecule has 0 aromatic heterocycles. The van der Waals surface area contributed by atoms with Gasteiger partial charge in [0, 0.05) is 5.02 Å². The number of benzene rings is 2. The quantitative estimate of drug-likeness (QED) is 0.618. The van der Waals surface area contributed by atoms with Gasteiger partial charge in [-0.05, 0) is 42.3 Å². The summed E-state index contributed by atoms with van der Waals surface area (Å²) in [7, 11) is 0. The number of hydrazone groups is 1. The van der Waals surface area contributed by atoms with E-state index in [9.17, 15) is 13.2 Å². The molecule has 0 saturated heterocycles. The first-order valence-electron chi connectivity index (χ1n) is 6.09. The molecule has 0 radical (unpaired) electrons. The standard InChI is InChI=1S/C15H12ClF3N2/c1-10-2-7-13(8-14(10)16)21-20-9-11-3-5-12(6-4-11)15(17,18)19/h2-9,21H,1H3/b20-9-. The van der Waals surface area contributed by atoms with E-state index >= 15 is 0 Å². The summed E-state index contributed by atoms with van der Waals surface area (Å²) in [5.74, 6) is 0. The Morgan fingerprint density at radius 3 is 2.33 bits per heavy atom. The Balaban J connectivity index is 2.02. The summed E-state index contributed by atoms with van der Waals surface area (Å²) >= 11 is 5.97. The van der Waals surface area contributed by atoms with E-state index in [2.05, 4.69) is 10.5 Å². The molecule has 6 heteroatoms. The third-order valence-corrected chi connectivity index (χ3v) is 3.22. The molecule has 110 valence electrons. The van der Waals surface area contributed by atoms with Crippen LogP contribution in [0.25, 0.3) is 0 Å². The van der Waals surface area contributed by atoms with Gasteiger partial charge in [0.15, 0.2) is 0 Å². The first-order chi connectivity index (χ1) is 9.86. The Kier molecular flexibility index (Phi) is 4.53. The van der Waals surface area contributed by atoms with E-state index in [1.165, 1.54) is 18.3 Å². The van der Waals surface area contributed by atoms with Crippen LogP contribution in [-0.2, 0) is 6.18 Å². The molecule has 0 aliphatic heterocycles. The number of rotatable bonds is 3. The van der Waals surface area contributed by atoms with Crippen molar-refractivity contribution in [1.82, 2.24) is 0 Å². The summed E-state index contributed by atoms with van der Waals surface area (Å²) in [6, 6.07) is 10.1. The van der Waals surface area contributed by atoms with Crippen molar-refractivity contribution in [1.29, 1.82) is 0 Å². The van der Waals surface area contributed by atoms with Gasteiger partial charge in [-0.2, -0.15) is 18.3 Å². The molecular formula is C15H12ClF3N2. The zero-order valence-electron chi connectivity index (χ0n) is 11.1. The van der Waals surface area contributed by atoms with Crippen molar-refractivity contribution < 1.29 is 13.2 Å². The van der Waals surface area contributed by atoms with Crippen molar-refractivity contribution in [2.75, 3.05) is 5.43 Å². The Hall–Kier alpha value is -2.01. The second-order valence-corrected chi connectivity index (χ2v) is 4.86. The van der Waals surface area contributed by atoms with Gasteiger partial charge in [0.2, 0.25) is 0 Å². The topological polar surface area (TPSA) is 24.4 Å². The highest BCUT2D eigenvalue weighted by molar-refractivity contribution is 6.31. The zero-order valence-corrected chi connectivity index (χ0v) is 11.8. The lowest BCUT2D eigenvalue weighted by atomic mass is 10.1. The molecule has 2 aromatic rings. The summed E-state index contributed by atoms with van der Waals surface area (Å²) in [4.78, 5) is 0. The molecule has 0 heterocycles. The molecule has 2 aromatic carbocycles. The van der Waals surface area contributed by atoms with Crippen LogP contribution in [0.1, 0.15) is 16.7 Å². The van der Waals surface area contributed by atoms with Crippen molar-refractivity contribution in [2.45, 2.75) is 13.1 Å². The molecule has 0 atom stereocenters. The normalized spacial score (nSPS) is 11.9. The highest BCUT2D eigenvalue weighted by atomic mass is 35.5. The Bertz CT molecular complexity index is 649. The van der Waals surface area contributed by atoms with Gasteiger partial charge in [0.25, 0.3) is 0 Å². The molecule has 0 aliphatic carbocycles. The van der Waals surface area contributed by atoms with Crippen LogP contribution < -0.4 is 5.43 Å². The average Bonchev–Trinajstić information content (AvgIpc) is 2.42. The third-order valence-electron chi connectivity index (χ3n) is 2.82. The summed E-state index contributed by atoms with van der Waals surface area (Å²) in [6.07, 6.45) is -2.89. The first kappa shape index (κ1) is 15.4. The minimum atomic E-state index is -4.33. The lowest BCUT2D eigenvalue weighted by molar-refractivity contribution is -0.137. The van der Waals surface area contributed by atoms with Gasteiger partial charge in [0.1, 0.15) is 0 Å². The summed E-state index contributed by atoms with van der Waals surface area (Å²) in [5, 5.41) is 4.58. The molecule has 2 nitrogen and oxygen atoms in total. The van der Waals surface area contributed by atoms with E-state index in [1.807, 2.05) is 19.1 Å². The summed E-state index contributed by atoms with van der Waals surface area (Å²) in [5.41, 5.74) is 4.31. The van der Waals surface area contributed by atoms with Gasteiger partial charge in [-0.15, -0.1) is 0 Å². The fourth-order valence-corrected chi connectivity index (χ4v) is 1.78. The van der Waals surface area contributed by atoms with Crippen molar-refractivity contribution in [3.05, 3.63) is 64.2 Å². The zero-order chi connectivity index (χ0) is 15.5. The van der Waals surface area contributed by atoms with Crippen LogP contribution in [0.4, 0.5) is 18.9 Å². The molecular weight excluding hydrogens is 301 g/mol. The molecule has 0 saturated carbocycles. The Morgan fingerprint density at radius 1 is 1.10 bits per heavy atom. The van der Waals surface area contributed by atoms with Crippen LogP contribution in [0.2, 0.25) is 5.02 Å². The minimum absolute atomic E-state index is 0.564. The first-order valence-corrected chi connectivity index (χ1v) is 6.46. The van der Waals surface area contributed by atoms with Gasteiger partial charge < -0.3 is 0 Å². The van der Waals surface area contributed by atoms with Crippen molar-refractivity contribution >= 4 is 23.5 Å². The number of nitrogens with zero attached hydrogens (tertiary/aromatic N) is 1. The van der Waals surface area contributed by atoms with E-state index < -0.39 is 11.7 Å². The third kappa shape index (κ3) is 4.23. The maximum absolute atomic E-state index is 12.4. The lowest BCUT2D eigenvalue weighted by Crippen LogP contribution is -2.04. The van der Waals surface area contributed by atoms with Crippen LogP contribution in [0.3, 0.4) is 0 Å². The van der Waals surface area contributed by atoms with Crippen molar-refractivity contribution in [3.8, 4) is 0 Å². The fourth-order valence-electron chi connectivity index (χ4n) is 1.60. The largest absolute Gasteiger partial charge is 0.416 e. The number of anilines is 1. The van der Waals surface area contributed by atoms with Crippen molar-refractivity contribution in [2.24, 2.45) is 5.10 Å². The highest BCUT2D eigenvalue weighted by Crippen LogP contribution is 2.28. The summed E-state index contributed by atoms with van der Waals surface area (Å²) < 4.78 is 37.2. The van der Waals surface area contributed by atoms with Crippen molar-refractivity contribution in [3.63, 3.8) is 0 Å². The predicted molar refractivity (Wildman–Crippen MR) is 78.8 cm³/mol. The van der Waals surface area contributed by atoms with E-state index in [0.29, 0.717) is 16.3 Å². The number of alkyl halides is 3. The number of hydrogen-bond acceptors (Lipinski definition) is 2. The van der Waals surface area contributed by atoms with Crippen LogP contribution in [0.5, 0.6) is 0 Å². The molecule has 0 amide bonds. The summed E-state index contributed by atoms with van der Waals surface area (Å²) in [6.45, 7) is 1.89. The second-order valence-electron chi connectivity index (χ2n) is 4.45. The minimum Gasteiger partial charge on any atom is -0.278 e. The van der Waals surface area contributed by atoms with Gasteiger partial charge in [0.05, 0.1) is 17.5 Å². The van der Waals surface area contributed by atoms with Gasteiger partial charge in [-0.1, -0.05) is 29.8 Å². The van der Waals surface area contributed by atoms with E-state index in [1.54, 1.807) is 6.07 Å². The molecule has 0 unspecified atom stereocenters. The number of halogens is 4. The lowest BCUT2D eigenvalue weighted by Gasteiger charge is -2.06. The maximum Gasteiger partial charge on any atom is 0.416 e. The second kappa shape index (κ2) is 6.18. The van der Waals surface area contributed by atoms with Crippen LogP contribution in [0.15, 0.2) is 47.6 Å². The molecule has 0 fully saturated rings. The van der Waals surface area contributed by atoms with Gasteiger partial charge in [-0.25, -0.2) is 0 Å². The number of hydrogen-bond donors (Lipinski definition) is 1. The monoisotopic (exact) mass is 312 g/mol. The van der Waals surface area contributed by atoms with Crippen LogP contribution in [-0.4, -0.2) is 6.21 Å². The Labute approximate surface area is 125 Å². The van der Waals surface area contributed by atoms with Crippen LogP contribution >= 0.6 is 11.6 Å². The van der Waals surface area contributed by atoms with E-state index in [4.69, 9.17) is 11.6 Å². The van der Waals surface area contributed by atoms with Gasteiger partial charge in [-0.3, -0.25) is 5.43 Å². The van der Waals surface area contributed by atoms with Gasteiger partial charge >= 0.3 is 6.18 Å². The number of nitrogens with one attached hydrogen (secondary N) is 1. The smallest absolute Gasteiger partial charge is 0.278 e. The molecule has 21 heavy (non-hydrogen) atoms.